The molecule has 0 saturated carbocycles. The number of likely N-dealkylation sites (tertiary alicyclic amines) is 1. The van der Waals surface area contributed by atoms with Crippen molar-refractivity contribution in [1.82, 2.24) is 20.4 Å². The van der Waals surface area contributed by atoms with Gasteiger partial charge in [0.25, 0.3) is 0 Å². The van der Waals surface area contributed by atoms with Crippen LogP contribution in [-0.2, 0) is 17.8 Å². The van der Waals surface area contributed by atoms with Gasteiger partial charge < -0.3 is 20.3 Å². The molecule has 0 spiro atoms. The number of morpholine rings is 1. The molecule has 0 unspecified atom stereocenters. The Morgan fingerprint density at radius 3 is 2.35 bits per heavy atom. The summed E-state index contributed by atoms with van der Waals surface area (Å²) in [6, 6.07) is 8.89. The van der Waals surface area contributed by atoms with Crippen LogP contribution >= 0.6 is 24.0 Å². The van der Waals surface area contributed by atoms with Crippen molar-refractivity contribution < 1.29 is 4.74 Å². The van der Waals surface area contributed by atoms with Gasteiger partial charge >= 0.3 is 0 Å². The molecule has 3 rings (SSSR count). The first-order chi connectivity index (χ1) is 14.7. The van der Waals surface area contributed by atoms with Gasteiger partial charge in [0.1, 0.15) is 0 Å². The third kappa shape index (κ3) is 10.1. The Morgan fingerprint density at radius 2 is 1.68 bits per heavy atom. The standard InChI is InChI=1S/C24H41N5O.HI/c1-3-25-24(26-11-4-12-28-13-9-21(2)10-14-28)27-19-22-5-7-23(8-6-22)20-29-15-17-30-18-16-29;/h5-8,21H,3-4,9-20H2,1-2H3,(H2,25,26,27);1H. The van der Waals surface area contributed by atoms with Crippen molar-refractivity contribution >= 4 is 29.9 Å². The second-order valence-corrected chi connectivity index (χ2v) is 8.70. The Labute approximate surface area is 206 Å². The Balaban J connectivity index is 0.00000341. The molecule has 2 N–H and O–H groups in total. The van der Waals surface area contributed by atoms with E-state index in [0.717, 1.165) is 64.2 Å². The molecule has 2 fully saturated rings. The second-order valence-electron chi connectivity index (χ2n) is 8.70. The summed E-state index contributed by atoms with van der Waals surface area (Å²) in [4.78, 5) is 9.83. The maximum absolute atomic E-state index is 5.43. The first kappa shape index (κ1) is 26.4. The number of benzene rings is 1. The number of ether oxygens (including phenoxy) is 1. The van der Waals surface area contributed by atoms with E-state index in [1.165, 1.54) is 43.6 Å². The molecule has 6 nitrogen and oxygen atoms in total. The van der Waals surface area contributed by atoms with Crippen molar-refractivity contribution in [3.63, 3.8) is 0 Å². The molecule has 2 aliphatic heterocycles. The maximum atomic E-state index is 5.43. The molecule has 2 aliphatic rings. The van der Waals surface area contributed by atoms with Crippen LogP contribution in [-0.4, -0.2) is 74.8 Å². The summed E-state index contributed by atoms with van der Waals surface area (Å²) in [5, 5.41) is 6.87. The molecule has 7 heteroatoms. The van der Waals surface area contributed by atoms with Crippen LogP contribution in [0, 0.1) is 5.92 Å². The first-order valence-electron chi connectivity index (χ1n) is 11.9. The highest BCUT2D eigenvalue weighted by Gasteiger charge is 2.14. The SMILES string of the molecule is CCNC(=NCc1ccc(CN2CCOCC2)cc1)NCCCN1CCC(C)CC1.I. The molecular weight excluding hydrogens is 501 g/mol. The van der Waals surface area contributed by atoms with Gasteiger partial charge in [-0.2, -0.15) is 0 Å². The molecule has 0 amide bonds. The fourth-order valence-corrected chi connectivity index (χ4v) is 4.07. The second kappa shape index (κ2) is 15.0. The molecule has 31 heavy (non-hydrogen) atoms. The van der Waals surface area contributed by atoms with Crippen molar-refractivity contribution in [1.29, 1.82) is 0 Å². The van der Waals surface area contributed by atoms with Crippen molar-refractivity contribution in [2.45, 2.75) is 46.2 Å². The topological polar surface area (TPSA) is 52.1 Å². The zero-order valence-electron chi connectivity index (χ0n) is 19.4. The lowest BCUT2D eigenvalue weighted by Crippen LogP contribution is -2.39. The van der Waals surface area contributed by atoms with Gasteiger partial charge in [-0.05, 0) is 62.9 Å². The minimum Gasteiger partial charge on any atom is -0.379 e. The Bertz CT molecular complexity index is 625. The lowest BCUT2D eigenvalue weighted by Gasteiger charge is -2.30. The normalized spacial score (nSPS) is 19.1. The number of piperidine rings is 1. The van der Waals surface area contributed by atoms with E-state index in [1.54, 1.807) is 0 Å². The summed E-state index contributed by atoms with van der Waals surface area (Å²) >= 11 is 0. The minimum absolute atomic E-state index is 0. The zero-order chi connectivity index (χ0) is 21.0. The fraction of sp³-hybridized carbons (Fsp3) is 0.708. The zero-order valence-corrected chi connectivity index (χ0v) is 21.8. The summed E-state index contributed by atoms with van der Waals surface area (Å²) in [7, 11) is 0. The summed E-state index contributed by atoms with van der Waals surface area (Å²) in [6.45, 7) is 15.5. The average Bonchev–Trinajstić information content (AvgIpc) is 2.78. The first-order valence-corrected chi connectivity index (χ1v) is 11.9. The van der Waals surface area contributed by atoms with E-state index in [9.17, 15) is 0 Å². The Kier molecular flexibility index (Phi) is 12.8. The van der Waals surface area contributed by atoms with Crippen LogP contribution in [0.15, 0.2) is 29.3 Å². The Morgan fingerprint density at radius 1 is 1.00 bits per heavy atom. The smallest absolute Gasteiger partial charge is 0.191 e. The fourth-order valence-electron chi connectivity index (χ4n) is 4.07. The van der Waals surface area contributed by atoms with Gasteiger partial charge in [-0.25, -0.2) is 4.99 Å². The van der Waals surface area contributed by atoms with Gasteiger partial charge in [0.2, 0.25) is 0 Å². The van der Waals surface area contributed by atoms with Gasteiger partial charge in [0.15, 0.2) is 5.96 Å². The summed E-state index contributed by atoms with van der Waals surface area (Å²) in [6.07, 6.45) is 3.86. The molecule has 2 saturated heterocycles. The van der Waals surface area contributed by atoms with E-state index < -0.39 is 0 Å². The summed E-state index contributed by atoms with van der Waals surface area (Å²) in [5.41, 5.74) is 2.61. The quantitative estimate of drug-likeness (QED) is 0.217. The van der Waals surface area contributed by atoms with E-state index in [1.807, 2.05) is 0 Å². The van der Waals surface area contributed by atoms with Crippen molar-refractivity contribution in [2.75, 3.05) is 59.0 Å². The highest BCUT2D eigenvalue weighted by Crippen LogP contribution is 2.15. The molecule has 0 radical (unpaired) electrons. The maximum Gasteiger partial charge on any atom is 0.191 e. The molecular formula is C24H42IN5O. The van der Waals surface area contributed by atoms with Gasteiger partial charge in [-0.3, -0.25) is 4.90 Å². The molecule has 176 valence electrons. The number of aliphatic imine (C=N–C) groups is 1. The number of guanidine groups is 1. The lowest BCUT2D eigenvalue weighted by molar-refractivity contribution is 0.0342. The third-order valence-electron chi connectivity index (χ3n) is 6.12. The number of hydrogen-bond acceptors (Lipinski definition) is 4. The molecule has 1 aromatic carbocycles. The number of nitrogens with one attached hydrogen (secondary N) is 2. The van der Waals surface area contributed by atoms with Crippen LogP contribution in [0.1, 0.15) is 44.2 Å². The summed E-state index contributed by atoms with van der Waals surface area (Å²) in [5.74, 6) is 1.82. The van der Waals surface area contributed by atoms with Crippen LogP contribution in [0.3, 0.4) is 0 Å². The van der Waals surface area contributed by atoms with Gasteiger partial charge in [-0.1, -0.05) is 31.2 Å². The van der Waals surface area contributed by atoms with E-state index in [0.29, 0.717) is 6.54 Å². The highest BCUT2D eigenvalue weighted by atomic mass is 127. The predicted molar refractivity (Wildman–Crippen MR) is 140 cm³/mol. The lowest BCUT2D eigenvalue weighted by atomic mass is 9.99. The third-order valence-corrected chi connectivity index (χ3v) is 6.12. The van der Waals surface area contributed by atoms with E-state index in [2.05, 4.69) is 58.5 Å². The highest BCUT2D eigenvalue weighted by molar-refractivity contribution is 14.0. The van der Waals surface area contributed by atoms with Crippen LogP contribution in [0.4, 0.5) is 0 Å². The van der Waals surface area contributed by atoms with Crippen LogP contribution in [0.2, 0.25) is 0 Å². The van der Waals surface area contributed by atoms with Crippen LogP contribution < -0.4 is 10.6 Å². The van der Waals surface area contributed by atoms with E-state index in [4.69, 9.17) is 9.73 Å². The summed E-state index contributed by atoms with van der Waals surface area (Å²) < 4.78 is 5.43. The van der Waals surface area contributed by atoms with Crippen molar-refractivity contribution in [3.8, 4) is 0 Å². The molecule has 2 heterocycles. The van der Waals surface area contributed by atoms with E-state index in [-0.39, 0.29) is 24.0 Å². The molecule has 0 atom stereocenters. The van der Waals surface area contributed by atoms with Crippen molar-refractivity contribution in [3.05, 3.63) is 35.4 Å². The van der Waals surface area contributed by atoms with Gasteiger partial charge in [-0.15, -0.1) is 24.0 Å². The average molecular weight is 544 g/mol. The van der Waals surface area contributed by atoms with E-state index >= 15 is 0 Å². The number of nitrogens with zero attached hydrogens (tertiary/aromatic N) is 3. The van der Waals surface area contributed by atoms with Gasteiger partial charge in [0.05, 0.1) is 19.8 Å². The minimum atomic E-state index is 0. The molecule has 0 aromatic heterocycles. The van der Waals surface area contributed by atoms with Crippen LogP contribution in [0.25, 0.3) is 0 Å². The van der Waals surface area contributed by atoms with Crippen LogP contribution in [0.5, 0.6) is 0 Å². The predicted octanol–water partition coefficient (Wildman–Crippen LogP) is 3.31. The molecule has 0 bridgehead atoms. The van der Waals surface area contributed by atoms with Gasteiger partial charge in [0, 0.05) is 32.7 Å². The number of hydrogen-bond donors (Lipinski definition) is 2. The number of halogens is 1. The molecule has 1 aromatic rings. The number of rotatable bonds is 9. The monoisotopic (exact) mass is 543 g/mol. The molecule has 0 aliphatic carbocycles. The largest absolute Gasteiger partial charge is 0.379 e. The van der Waals surface area contributed by atoms with Crippen molar-refractivity contribution in [2.24, 2.45) is 10.9 Å². The Hall–Kier alpha value is -0.900.